The number of rotatable bonds is 4. The summed E-state index contributed by atoms with van der Waals surface area (Å²) in [5.41, 5.74) is 0.321. The Morgan fingerprint density at radius 2 is 1.96 bits per heavy atom. The van der Waals surface area contributed by atoms with Crippen LogP contribution in [0.3, 0.4) is 0 Å². The van der Waals surface area contributed by atoms with E-state index in [0.717, 1.165) is 10.7 Å². The maximum absolute atomic E-state index is 13.3. The van der Waals surface area contributed by atoms with Crippen molar-refractivity contribution in [2.24, 2.45) is 0 Å². The summed E-state index contributed by atoms with van der Waals surface area (Å²) in [5.74, 6) is -0.810. The molecule has 122 valence electrons. The van der Waals surface area contributed by atoms with Crippen molar-refractivity contribution in [3.8, 4) is 0 Å². The third kappa shape index (κ3) is 3.41. The van der Waals surface area contributed by atoms with Gasteiger partial charge in [0.15, 0.2) is 0 Å². The Morgan fingerprint density at radius 1 is 1.21 bits per heavy atom. The second-order valence-corrected chi connectivity index (χ2v) is 5.48. The van der Waals surface area contributed by atoms with Gasteiger partial charge in [0.25, 0.3) is 11.5 Å². The van der Waals surface area contributed by atoms with Crippen molar-refractivity contribution in [3.05, 3.63) is 69.2 Å². The number of carbonyl (C=O) groups excluding carboxylic acids is 1. The van der Waals surface area contributed by atoms with E-state index in [2.05, 4.69) is 15.6 Å². The molecule has 0 fully saturated rings. The zero-order valence-electron chi connectivity index (χ0n) is 12.4. The number of benzene rings is 2. The lowest BCUT2D eigenvalue weighted by molar-refractivity contribution is 0.0951. The molecule has 0 aliphatic rings. The molecular weight excluding hydrogens is 335 g/mol. The summed E-state index contributed by atoms with van der Waals surface area (Å²) >= 11 is 5.77. The molecule has 0 unspecified atom stereocenters. The predicted molar refractivity (Wildman–Crippen MR) is 87.5 cm³/mol. The van der Waals surface area contributed by atoms with Crippen LogP contribution in [0.2, 0.25) is 5.02 Å². The number of amides is 1. The average Bonchev–Trinajstić information content (AvgIpc) is 2.58. The SMILES string of the molecule is O=C(NCCn1nnc2ccc(F)cc2c1=O)c1ccc(Cl)cc1. The van der Waals surface area contributed by atoms with Crippen LogP contribution in [0.15, 0.2) is 47.3 Å². The van der Waals surface area contributed by atoms with Crippen molar-refractivity contribution in [1.29, 1.82) is 0 Å². The fourth-order valence-corrected chi connectivity index (χ4v) is 2.30. The Labute approximate surface area is 140 Å². The Kier molecular flexibility index (Phi) is 4.52. The van der Waals surface area contributed by atoms with E-state index in [1.54, 1.807) is 24.3 Å². The third-order valence-electron chi connectivity index (χ3n) is 3.40. The van der Waals surface area contributed by atoms with E-state index < -0.39 is 11.4 Å². The van der Waals surface area contributed by atoms with Gasteiger partial charge in [-0.3, -0.25) is 9.59 Å². The summed E-state index contributed by atoms with van der Waals surface area (Å²) < 4.78 is 14.3. The van der Waals surface area contributed by atoms with Crippen molar-refractivity contribution in [3.63, 3.8) is 0 Å². The summed E-state index contributed by atoms with van der Waals surface area (Å²) in [5, 5.41) is 11.0. The predicted octanol–water partition coefficient (Wildman–Crippen LogP) is 2.01. The Hall–Kier alpha value is -2.80. The first-order valence-electron chi connectivity index (χ1n) is 7.11. The molecule has 1 aromatic heterocycles. The van der Waals surface area contributed by atoms with Gasteiger partial charge in [-0.05, 0) is 42.5 Å². The monoisotopic (exact) mass is 346 g/mol. The van der Waals surface area contributed by atoms with Gasteiger partial charge >= 0.3 is 0 Å². The fourth-order valence-electron chi connectivity index (χ4n) is 2.17. The maximum Gasteiger partial charge on any atom is 0.277 e. The highest BCUT2D eigenvalue weighted by atomic mass is 35.5. The molecule has 0 atom stereocenters. The van der Waals surface area contributed by atoms with E-state index >= 15 is 0 Å². The molecule has 0 bridgehead atoms. The van der Waals surface area contributed by atoms with E-state index in [1.165, 1.54) is 12.1 Å². The van der Waals surface area contributed by atoms with E-state index in [9.17, 15) is 14.0 Å². The lowest BCUT2D eigenvalue weighted by Crippen LogP contribution is -2.32. The molecule has 0 saturated carbocycles. The second-order valence-electron chi connectivity index (χ2n) is 5.04. The van der Waals surface area contributed by atoms with Gasteiger partial charge in [0, 0.05) is 17.1 Å². The smallest absolute Gasteiger partial charge is 0.277 e. The van der Waals surface area contributed by atoms with Crippen molar-refractivity contribution in [2.75, 3.05) is 6.54 Å². The minimum atomic E-state index is -0.518. The molecule has 0 radical (unpaired) electrons. The van der Waals surface area contributed by atoms with Gasteiger partial charge < -0.3 is 5.32 Å². The zero-order valence-corrected chi connectivity index (χ0v) is 13.1. The average molecular weight is 347 g/mol. The molecule has 0 aliphatic carbocycles. The number of nitrogens with zero attached hydrogens (tertiary/aromatic N) is 3. The molecule has 3 rings (SSSR count). The maximum atomic E-state index is 13.3. The standard InChI is InChI=1S/C16H12ClFN4O2/c17-11-3-1-10(2-4-11)15(23)19-7-8-22-16(24)13-9-12(18)5-6-14(13)20-21-22/h1-6,9H,7-8H2,(H,19,23). The van der Waals surface area contributed by atoms with E-state index in [1.807, 2.05) is 0 Å². The number of hydrogen-bond donors (Lipinski definition) is 1. The van der Waals surface area contributed by atoms with Crippen molar-refractivity contribution >= 4 is 28.4 Å². The van der Waals surface area contributed by atoms with Gasteiger partial charge in [0.1, 0.15) is 11.3 Å². The molecule has 0 aliphatic heterocycles. The minimum absolute atomic E-state index is 0.123. The minimum Gasteiger partial charge on any atom is -0.350 e. The van der Waals surface area contributed by atoms with Crippen LogP contribution in [0.4, 0.5) is 4.39 Å². The lowest BCUT2D eigenvalue weighted by atomic mass is 10.2. The van der Waals surface area contributed by atoms with Gasteiger partial charge in [-0.25, -0.2) is 9.07 Å². The van der Waals surface area contributed by atoms with Crippen LogP contribution >= 0.6 is 11.6 Å². The highest BCUT2D eigenvalue weighted by Gasteiger charge is 2.08. The fraction of sp³-hybridized carbons (Fsp3) is 0.125. The lowest BCUT2D eigenvalue weighted by Gasteiger charge is -2.07. The molecular formula is C16H12ClFN4O2. The van der Waals surface area contributed by atoms with Crippen LogP contribution < -0.4 is 10.9 Å². The number of aromatic nitrogens is 3. The Morgan fingerprint density at radius 3 is 2.71 bits per heavy atom. The van der Waals surface area contributed by atoms with Gasteiger partial charge in [-0.1, -0.05) is 16.8 Å². The number of fused-ring (bicyclic) bond motifs is 1. The van der Waals surface area contributed by atoms with E-state index in [0.29, 0.717) is 16.1 Å². The van der Waals surface area contributed by atoms with Crippen LogP contribution in [0.25, 0.3) is 10.9 Å². The first-order valence-corrected chi connectivity index (χ1v) is 7.49. The summed E-state index contributed by atoms with van der Waals surface area (Å²) in [6.45, 7) is 0.300. The van der Waals surface area contributed by atoms with Gasteiger partial charge in [0.2, 0.25) is 0 Å². The molecule has 3 aromatic rings. The van der Waals surface area contributed by atoms with Gasteiger partial charge in [-0.2, -0.15) is 0 Å². The largest absolute Gasteiger partial charge is 0.350 e. The number of hydrogen-bond acceptors (Lipinski definition) is 4. The van der Waals surface area contributed by atoms with Crippen LogP contribution in [0.1, 0.15) is 10.4 Å². The number of carbonyl (C=O) groups is 1. The highest BCUT2D eigenvalue weighted by molar-refractivity contribution is 6.30. The van der Waals surface area contributed by atoms with Crippen LogP contribution in [-0.4, -0.2) is 27.4 Å². The number of halogens is 2. The molecule has 2 aromatic carbocycles. The molecule has 24 heavy (non-hydrogen) atoms. The zero-order chi connectivity index (χ0) is 17.1. The molecule has 0 saturated heterocycles. The van der Waals surface area contributed by atoms with Crippen LogP contribution in [0.5, 0.6) is 0 Å². The van der Waals surface area contributed by atoms with E-state index in [-0.39, 0.29) is 24.4 Å². The summed E-state index contributed by atoms with van der Waals surface area (Å²) in [6, 6.07) is 10.2. The molecule has 1 heterocycles. The quantitative estimate of drug-likeness (QED) is 0.784. The summed E-state index contributed by atoms with van der Waals surface area (Å²) in [7, 11) is 0. The summed E-state index contributed by atoms with van der Waals surface area (Å²) in [6.07, 6.45) is 0. The number of nitrogens with one attached hydrogen (secondary N) is 1. The normalized spacial score (nSPS) is 10.8. The first-order chi connectivity index (χ1) is 11.5. The topological polar surface area (TPSA) is 76.9 Å². The summed E-state index contributed by atoms with van der Waals surface area (Å²) in [4.78, 5) is 24.2. The van der Waals surface area contributed by atoms with Crippen molar-refractivity contribution in [2.45, 2.75) is 6.54 Å². The highest BCUT2D eigenvalue weighted by Crippen LogP contribution is 2.09. The second kappa shape index (κ2) is 6.76. The van der Waals surface area contributed by atoms with E-state index in [4.69, 9.17) is 11.6 Å². The molecule has 1 N–H and O–H groups in total. The first kappa shape index (κ1) is 16.1. The van der Waals surface area contributed by atoms with Gasteiger partial charge in [-0.15, -0.1) is 5.10 Å². The molecule has 8 heteroatoms. The van der Waals surface area contributed by atoms with Crippen LogP contribution in [-0.2, 0) is 6.54 Å². The van der Waals surface area contributed by atoms with Crippen LogP contribution in [0, 0.1) is 5.82 Å². The molecule has 0 spiro atoms. The third-order valence-corrected chi connectivity index (χ3v) is 3.65. The molecule has 6 nitrogen and oxygen atoms in total. The van der Waals surface area contributed by atoms with Crippen molar-refractivity contribution < 1.29 is 9.18 Å². The van der Waals surface area contributed by atoms with Gasteiger partial charge in [0.05, 0.1) is 11.9 Å². The Balaban J connectivity index is 1.69. The molecule has 1 amide bonds. The van der Waals surface area contributed by atoms with Crippen molar-refractivity contribution in [1.82, 2.24) is 20.3 Å². The Bertz CT molecular complexity index is 956.